The van der Waals surface area contributed by atoms with Gasteiger partial charge >= 0.3 is 0 Å². The zero-order valence-corrected chi connectivity index (χ0v) is 10.7. The van der Waals surface area contributed by atoms with Crippen molar-refractivity contribution >= 4 is 11.6 Å². The summed E-state index contributed by atoms with van der Waals surface area (Å²) in [6, 6.07) is 11.5. The number of halogens is 3. The first-order chi connectivity index (χ1) is 8.58. The van der Waals surface area contributed by atoms with Crippen molar-refractivity contribution in [2.75, 3.05) is 0 Å². The highest BCUT2D eigenvalue weighted by molar-refractivity contribution is 6.20. The maximum Gasteiger partial charge on any atom is 0.129 e. The number of rotatable bonds is 3. The SMILES string of the molecule is Cc1ccc(C(Cl)Cc2c(F)cccc2F)cc1. The molecule has 18 heavy (non-hydrogen) atoms. The molecule has 0 nitrogen and oxygen atoms in total. The molecule has 2 aromatic rings. The monoisotopic (exact) mass is 266 g/mol. The Hall–Kier alpha value is -1.41. The van der Waals surface area contributed by atoms with E-state index in [2.05, 4.69) is 0 Å². The molecular weight excluding hydrogens is 254 g/mol. The summed E-state index contributed by atoms with van der Waals surface area (Å²) in [7, 11) is 0. The highest BCUT2D eigenvalue weighted by Gasteiger charge is 2.15. The molecule has 0 heterocycles. The van der Waals surface area contributed by atoms with Crippen LogP contribution in [0, 0.1) is 18.6 Å². The van der Waals surface area contributed by atoms with E-state index in [1.165, 1.54) is 18.2 Å². The Morgan fingerprint density at radius 3 is 2.11 bits per heavy atom. The van der Waals surface area contributed by atoms with Crippen LogP contribution in [0.15, 0.2) is 42.5 Å². The van der Waals surface area contributed by atoms with Crippen molar-refractivity contribution in [1.82, 2.24) is 0 Å². The van der Waals surface area contributed by atoms with Crippen LogP contribution in [0.4, 0.5) is 8.78 Å². The summed E-state index contributed by atoms with van der Waals surface area (Å²) in [5, 5.41) is -0.433. The summed E-state index contributed by atoms with van der Waals surface area (Å²) in [6.07, 6.45) is 0.142. The third kappa shape index (κ3) is 2.88. The Morgan fingerprint density at radius 2 is 1.56 bits per heavy atom. The van der Waals surface area contributed by atoms with Crippen LogP contribution in [0.5, 0.6) is 0 Å². The minimum Gasteiger partial charge on any atom is -0.207 e. The highest BCUT2D eigenvalue weighted by atomic mass is 35.5. The van der Waals surface area contributed by atoms with Gasteiger partial charge in [0, 0.05) is 5.56 Å². The fourth-order valence-electron chi connectivity index (χ4n) is 1.80. The van der Waals surface area contributed by atoms with Crippen molar-refractivity contribution in [1.29, 1.82) is 0 Å². The Morgan fingerprint density at radius 1 is 1.00 bits per heavy atom. The molecule has 0 aliphatic carbocycles. The fraction of sp³-hybridized carbons (Fsp3) is 0.200. The van der Waals surface area contributed by atoms with Crippen LogP contribution in [0.1, 0.15) is 22.1 Å². The predicted molar refractivity (Wildman–Crippen MR) is 69.8 cm³/mol. The molecule has 3 heteroatoms. The van der Waals surface area contributed by atoms with E-state index in [4.69, 9.17) is 11.6 Å². The van der Waals surface area contributed by atoms with Gasteiger partial charge in [0.2, 0.25) is 0 Å². The quantitative estimate of drug-likeness (QED) is 0.701. The van der Waals surface area contributed by atoms with E-state index in [0.717, 1.165) is 11.1 Å². The van der Waals surface area contributed by atoms with Crippen LogP contribution < -0.4 is 0 Å². The standard InChI is InChI=1S/C15H13ClF2/c1-10-5-7-11(8-6-10)13(16)9-12-14(17)3-2-4-15(12)18/h2-8,13H,9H2,1H3. The molecule has 1 atom stereocenters. The molecule has 0 spiro atoms. The number of benzene rings is 2. The molecule has 0 radical (unpaired) electrons. The van der Waals surface area contributed by atoms with E-state index in [9.17, 15) is 8.78 Å². The summed E-state index contributed by atoms with van der Waals surface area (Å²) in [6.45, 7) is 1.98. The van der Waals surface area contributed by atoms with E-state index in [1.54, 1.807) is 0 Å². The molecule has 0 saturated heterocycles. The van der Waals surface area contributed by atoms with Gasteiger partial charge in [-0.25, -0.2) is 8.78 Å². The van der Waals surface area contributed by atoms with E-state index >= 15 is 0 Å². The van der Waals surface area contributed by atoms with Gasteiger partial charge in [-0.05, 0) is 31.0 Å². The lowest BCUT2D eigenvalue weighted by Crippen LogP contribution is -2.01. The summed E-state index contributed by atoms with van der Waals surface area (Å²) in [5.74, 6) is -1.10. The average molecular weight is 267 g/mol. The molecule has 2 rings (SSSR count). The van der Waals surface area contributed by atoms with Crippen LogP contribution in [-0.4, -0.2) is 0 Å². The summed E-state index contributed by atoms with van der Waals surface area (Å²) in [4.78, 5) is 0. The molecular formula is C15H13ClF2. The van der Waals surface area contributed by atoms with Gasteiger partial charge in [0.1, 0.15) is 11.6 Å². The lowest BCUT2D eigenvalue weighted by Gasteiger charge is -2.11. The van der Waals surface area contributed by atoms with E-state index in [0.29, 0.717) is 0 Å². The molecule has 0 fully saturated rings. The van der Waals surface area contributed by atoms with Crippen molar-refractivity contribution in [2.24, 2.45) is 0 Å². The van der Waals surface area contributed by atoms with Crippen LogP contribution >= 0.6 is 11.6 Å². The van der Waals surface area contributed by atoms with Crippen LogP contribution in [0.25, 0.3) is 0 Å². The highest BCUT2D eigenvalue weighted by Crippen LogP contribution is 2.27. The first-order valence-electron chi connectivity index (χ1n) is 5.71. The van der Waals surface area contributed by atoms with E-state index < -0.39 is 17.0 Å². The zero-order valence-electron chi connectivity index (χ0n) is 9.96. The topological polar surface area (TPSA) is 0 Å². The van der Waals surface area contributed by atoms with E-state index in [1.807, 2.05) is 31.2 Å². The average Bonchev–Trinajstić information content (AvgIpc) is 2.34. The summed E-state index contributed by atoms with van der Waals surface area (Å²) in [5.41, 5.74) is 2.03. The second-order valence-electron chi connectivity index (χ2n) is 4.28. The van der Waals surface area contributed by atoms with Gasteiger partial charge in [0.25, 0.3) is 0 Å². The largest absolute Gasteiger partial charge is 0.207 e. The maximum atomic E-state index is 13.5. The van der Waals surface area contributed by atoms with E-state index in [-0.39, 0.29) is 12.0 Å². The van der Waals surface area contributed by atoms with Crippen molar-refractivity contribution in [3.05, 3.63) is 70.8 Å². The van der Waals surface area contributed by atoms with Gasteiger partial charge < -0.3 is 0 Å². The smallest absolute Gasteiger partial charge is 0.129 e. The Labute approximate surface area is 110 Å². The molecule has 0 aliphatic heterocycles. The van der Waals surface area contributed by atoms with Crippen molar-refractivity contribution in [3.8, 4) is 0 Å². The lowest BCUT2D eigenvalue weighted by atomic mass is 10.0. The number of aryl methyl sites for hydroxylation is 1. The molecule has 94 valence electrons. The van der Waals surface area contributed by atoms with Gasteiger partial charge in [-0.3, -0.25) is 0 Å². The fourth-order valence-corrected chi connectivity index (χ4v) is 2.10. The molecule has 0 amide bonds. The normalized spacial score (nSPS) is 12.4. The molecule has 1 unspecified atom stereocenters. The zero-order chi connectivity index (χ0) is 13.1. The molecule has 0 N–H and O–H groups in total. The van der Waals surface area contributed by atoms with Gasteiger partial charge in [-0.15, -0.1) is 11.6 Å². The number of hydrogen-bond acceptors (Lipinski definition) is 0. The minimum atomic E-state index is -0.548. The molecule has 0 saturated carbocycles. The Kier molecular flexibility index (Phi) is 3.97. The Bertz CT molecular complexity index is 514. The van der Waals surface area contributed by atoms with Crippen LogP contribution in [0.2, 0.25) is 0 Å². The maximum absolute atomic E-state index is 13.5. The minimum absolute atomic E-state index is 0.0399. The second-order valence-corrected chi connectivity index (χ2v) is 4.81. The summed E-state index contributed by atoms with van der Waals surface area (Å²) < 4.78 is 27.0. The molecule has 0 aromatic heterocycles. The number of hydrogen-bond donors (Lipinski definition) is 0. The van der Waals surface area contributed by atoms with Crippen LogP contribution in [0.3, 0.4) is 0 Å². The third-order valence-corrected chi connectivity index (χ3v) is 3.29. The molecule has 2 aromatic carbocycles. The second kappa shape index (κ2) is 5.49. The van der Waals surface area contributed by atoms with Crippen molar-refractivity contribution in [3.63, 3.8) is 0 Å². The molecule has 0 bridgehead atoms. The Balaban J connectivity index is 2.21. The van der Waals surface area contributed by atoms with Gasteiger partial charge in [-0.1, -0.05) is 35.9 Å². The first kappa shape index (κ1) is 13.0. The van der Waals surface area contributed by atoms with Crippen molar-refractivity contribution < 1.29 is 8.78 Å². The van der Waals surface area contributed by atoms with Gasteiger partial charge in [-0.2, -0.15) is 0 Å². The lowest BCUT2D eigenvalue weighted by molar-refractivity contribution is 0.553. The molecule has 0 aliphatic rings. The van der Waals surface area contributed by atoms with Crippen molar-refractivity contribution in [2.45, 2.75) is 18.7 Å². The number of alkyl halides is 1. The third-order valence-electron chi connectivity index (χ3n) is 2.88. The predicted octanol–water partition coefficient (Wildman–Crippen LogP) is 4.80. The van der Waals surface area contributed by atoms with Gasteiger partial charge in [0.05, 0.1) is 5.38 Å². The van der Waals surface area contributed by atoms with Crippen LogP contribution in [-0.2, 0) is 6.42 Å². The summed E-state index contributed by atoms with van der Waals surface area (Å²) >= 11 is 6.20. The van der Waals surface area contributed by atoms with Gasteiger partial charge in [0.15, 0.2) is 0 Å². The first-order valence-corrected chi connectivity index (χ1v) is 6.15.